The molecular formula is C12H13N5O3. The average molecular weight is 275 g/mol. The summed E-state index contributed by atoms with van der Waals surface area (Å²) < 4.78 is 5.26. The van der Waals surface area contributed by atoms with Crippen molar-refractivity contribution in [1.82, 2.24) is 15.2 Å². The molecule has 0 aliphatic heterocycles. The quantitative estimate of drug-likeness (QED) is 0.720. The molecule has 8 nitrogen and oxygen atoms in total. The molecule has 104 valence electrons. The van der Waals surface area contributed by atoms with Crippen LogP contribution >= 0.6 is 0 Å². The van der Waals surface area contributed by atoms with Crippen LogP contribution in [0.2, 0.25) is 0 Å². The van der Waals surface area contributed by atoms with E-state index in [0.717, 1.165) is 0 Å². The lowest BCUT2D eigenvalue weighted by molar-refractivity contribution is -0.118. The van der Waals surface area contributed by atoms with Crippen LogP contribution in [0.5, 0.6) is 5.75 Å². The zero-order valence-corrected chi connectivity index (χ0v) is 10.7. The second-order valence-corrected chi connectivity index (χ2v) is 3.94. The molecule has 2 amide bonds. The number of hydrogen-bond donors (Lipinski definition) is 3. The van der Waals surface area contributed by atoms with Gasteiger partial charge in [-0.25, -0.2) is 0 Å². The summed E-state index contributed by atoms with van der Waals surface area (Å²) in [5, 5.41) is 8.80. The van der Waals surface area contributed by atoms with E-state index in [2.05, 4.69) is 20.5 Å². The van der Waals surface area contributed by atoms with Gasteiger partial charge in [-0.05, 0) is 19.1 Å². The van der Waals surface area contributed by atoms with Gasteiger partial charge in [-0.3, -0.25) is 20.0 Å². The molecule has 20 heavy (non-hydrogen) atoms. The lowest BCUT2D eigenvalue weighted by Crippen LogP contribution is -2.22. The van der Waals surface area contributed by atoms with Crippen LogP contribution in [-0.2, 0) is 4.79 Å². The van der Waals surface area contributed by atoms with E-state index in [0.29, 0.717) is 5.82 Å². The zero-order valence-electron chi connectivity index (χ0n) is 10.7. The maximum atomic E-state index is 11.6. The van der Waals surface area contributed by atoms with Gasteiger partial charge in [-0.15, -0.1) is 5.10 Å². The van der Waals surface area contributed by atoms with E-state index in [1.165, 1.54) is 6.07 Å². The predicted octanol–water partition coefficient (Wildman–Crippen LogP) is 0.230. The highest BCUT2D eigenvalue weighted by Crippen LogP contribution is 2.16. The number of aromatic nitrogens is 3. The van der Waals surface area contributed by atoms with Gasteiger partial charge < -0.3 is 10.5 Å². The van der Waals surface area contributed by atoms with Crippen molar-refractivity contribution >= 4 is 17.8 Å². The molecule has 1 aromatic heterocycles. The summed E-state index contributed by atoms with van der Waals surface area (Å²) in [5.74, 6) is -0.0604. The van der Waals surface area contributed by atoms with Crippen LogP contribution in [0.4, 0.5) is 5.95 Å². The third-order valence-corrected chi connectivity index (χ3v) is 2.36. The number of anilines is 1. The van der Waals surface area contributed by atoms with E-state index in [1.54, 1.807) is 25.1 Å². The molecule has 1 aromatic carbocycles. The number of carbonyl (C=O) groups is 2. The normalized spacial score (nSPS) is 10.1. The summed E-state index contributed by atoms with van der Waals surface area (Å²) in [7, 11) is 0. The maximum Gasteiger partial charge on any atom is 0.264 e. The summed E-state index contributed by atoms with van der Waals surface area (Å²) in [5.41, 5.74) is 5.42. The molecule has 0 atom stereocenters. The van der Waals surface area contributed by atoms with Crippen molar-refractivity contribution in [1.29, 1.82) is 0 Å². The van der Waals surface area contributed by atoms with Crippen molar-refractivity contribution in [3.63, 3.8) is 0 Å². The van der Waals surface area contributed by atoms with Crippen LogP contribution in [0.25, 0.3) is 0 Å². The van der Waals surface area contributed by atoms with Crippen LogP contribution in [0, 0.1) is 6.92 Å². The number of rotatable bonds is 5. The Balaban J connectivity index is 1.95. The smallest absolute Gasteiger partial charge is 0.264 e. The van der Waals surface area contributed by atoms with Gasteiger partial charge in [-0.2, -0.15) is 4.98 Å². The molecule has 0 fully saturated rings. The molecule has 0 aliphatic carbocycles. The fourth-order valence-electron chi connectivity index (χ4n) is 1.50. The van der Waals surface area contributed by atoms with Crippen molar-refractivity contribution in [2.45, 2.75) is 6.92 Å². The monoisotopic (exact) mass is 275 g/mol. The molecule has 4 N–H and O–H groups in total. The molecule has 1 heterocycles. The minimum Gasteiger partial charge on any atom is -0.483 e. The summed E-state index contributed by atoms with van der Waals surface area (Å²) >= 11 is 0. The highest BCUT2D eigenvalue weighted by Gasteiger charge is 2.11. The largest absolute Gasteiger partial charge is 0.483 e. The average Bonchev–Trinajstić information content (AvgIpc) is 2.82. The summed E-state index contributed by atoms with van der Waals surface area (Å²) in [4.78, 5) is 26.7. The Morgan fingerprint density at radius 2 is 2.15 bits per heavy atom. The molecule has 0 saturated carbocycles. The third kappa shape index (κ3) is 3.31. The van der Waals surface area contributed by atoms with E-state index < -0.39 is 11.8 Å². The molecule has 2 rings (SSSR count). The number of aromatic amines is 1. The number of hydrogen-bond acceptors (Lipinski definition) is 5. The number of nitrogens with one attached hydrogen (secondary N) is 2. The first-order valence-corrected chi connectivity index (χ1v) is 5.77. The second kappa shape index (κ2) is 5.83. The summed E-state index contributed by atoms with van der Waals surface area (Å²) in [6.07, 6.45) is 0. The van der Waals surface area contributed by atoms with Gasteiger partial charge in [0.2, 0.25) is 5.95 Å². The van der Waals surface area contributed by atoms with Crippen LogP contribution < -0.4 is 15.8 Å². The van der Waals surface area contributed by atoms with Gasteiger partial charge in [-0.1, -0.05) is 12.1 Å². The minimum atomic E-state index is -0.620. The van der Waals surface area contributed by atoms with E-state index in [4.69, 9.17) is 10.5 Å². The zero-order chi connectivity index (χ0) is 14.5. The number of nitrogens with zero attached hydrogens (tertiary/aromatic N) is 2. The maximum absolute atomic E-state index is 11.6. The molecular weight excluding hydrogens is 262 g/mol. The fourth-order valence-corrected chi connectivity index (χ4v) is 1.50. The molecule has 8 heteroatoms. The fraction of sp³-hybridized carbons (Fsp3) is 0.167. The molecule has 2 aromatic rings. The highest BCUT2D eigenvalue weighted by atomic mass is 16.5. The van der Waals surface area contributed by atoms with E-state index in [-0.39, 0.29) is 23.9 Å². The number of benzene rings is 1. The van der Waals surface area contributed by atoms with Crippen LogP contribution in [0.3, 0.4) is 0 Å². The molecule has 0 aliphatic rings. The van der Waals surface area contributed by atoms with Gasteiger partial charge in [0.1, 0.15) is 11.6 Å². The van der Waals surface area contributed by atoms with Crippen LogP contribution in [-0.4, -0.2) is 33.6 Å². The number of carbonyl (C=O) groups excluding carboxylic acids is 2. The predicted molar refractivity (Wildman–Crippen MR) is 70.2 cm³/mol. The van der Waals surface area contributed by atoms with E-state index in [9.17, 15) is 9.59 Å². The van der Waals surface area contributed by atoms with Gasteiger partial charge >= 0.3 is 0 Å². The number of ether oxygens (including phenoxy) is 1. The Morgan fingerprint density at radius 1 is 1.40 bits per heavy atom. The lowest BCUT2D eigenvalue weighted by Gasteiger charge is -2.08. The number of nitrogens with two attached hydrogens (primary N) is 1. The SMILES string of the molecule is Cc1nc(NC(=O)COc2ccccc2C(N)=O)n[nH]1. The number of H-pyrrole nitrogens is 1. The van der Waals surface area contributed by atoms with E-state index >= 15 is 0 Å². The van der Waals surface area contributed by atoms with Gasteiger partial charge in [0.15, 0.2) is 6.61 Å². The van der Waals surface area contributed by atoms with E-state index in [1.807, 2.05) is 0 Å². The van der Waals surface area contributed by atoms with Crippen molar-refractivity contribution in [2.75, 3.05) is 11.9 Å². The van der Waals surface area contributed by atoms with Crippen molar-refractivity contribution < 1.29 is 14.3 Å². The van der Waals surface area contributed by atoms with Gasteiger partial charge in [0, 0.05) is 0 Å². The number of para-hydroxylation sites is 1. The Bertz CT molecular complexity index is 638. The Hall–Kier alpha value is -2.90. The lowest BCUT2D eigenvalue weighted by atomic mass is 10.2. The Labute approximate surface area is 114 Å². The first-order valence-electron chi connectivity index (χ1n) is 5.77. The number of primary amides is 1. The van der Waals surface area contributed by atoms with Crippen molar-refractivity contribution in [3.05, 3.63) is 35.7 Å². The topological polar surface area (TPSA) is 123 Å². The molecule has 0 unspecified atom stereocenters. The Morgan fingerprint density at radius 3 is 2.80 bits per heavy atom. The number of aryl methyl sites for hydroxylation is 1. The summed E-state index contributed by atoms with van der Waals surface area (Å²) in [6.45, 7) is 1.43. The molecule has 0 bridgehead atoms. The highest BCUT2D eigenvalue weighted by molar-refractivity contribution is 5.96. The standard InChI is InChI=1S/C12H13N5O3/c1-7-14-12(17-16-7)15-10(18)6-20-9-5-3-2-4-8(9)11(13)19/h2-5H,6H2,1H3,(H2,13,19)(H2,14,15,16,17,18). The van der Waals surface area contributed by atoms with Gasteiger partial charge in [0.05, 0.1) is 5.56 Å². The number of amides is 2. The second-order valence-electron chi connectivity index (χ2n) is 3.94. The van der Waals surface area contributed by atoms with Gasteiger partial charge in [0.25, 0.3) is 11.8 Å². The molecule has 0 spiro atoms. The molecule has 0 radical (unpaired) electrons. The minimum absolute atomic E-state index is 0.166. The van der Waals surface area contributed by atoms with Crippen molar-refractivity contribution in [3.8, 4) is 5.75 Å². The first kappa shape index (κ1) is 13.5. The van der Waals surface area contributed by atoms with Crippen molar-refractivity contribution in [2.24, 2.45) is 5.73 Å². The molecule has 0 saturated heterocycles. The van der Waals surface area contributed by atoms with Crippen LogP contribution in [0.15, 0.2) is 24.3 Å². The Kier molecular flexibility index (Phi) is 3.94. The van der Waals surface area contributed by atoms with Crippen LogP contribution in [0.1, 0.15) is 16.2 Å². The summed E-state index contributed by atoms with van der Waals surface area (Å²) in [6, 6.07) is 6.42. The third-order valence-electron chi connectivity index (χ3n) is 2.36. The first-order chi connectivity index (χ1) is 9.56.